The zero-order valence-corrected chi connectivity index (χ0v) is 14.9. The number of hydrogen-bond donors (Lipinski definition) is 1. The number of esters is 1. The summed E-state index contributed by atoms with van der Waals surface area (Å²) in [5.74, 6) is -1.01. The van der Waals surface area contributed by atoms with Gasteiger partial charge in [0.15, 0.2) is 6.73 Å². The normalized spacial score (nSPS) is 16.0. The quantitative estimate of drug-likeness (QED) is 0.821. The predicted octanol–water partition coefficient (Wildman–Crippen LogP) is 2.85. The Hall–Kier alpha value is -3.35. The molecule has 1 N–H and O–H groups in total. The fraction of sp³-hybridized carbons (Fsp3) is 0.250. The monoisotopic (exact) mass is 368 g/mol. The van der Waals surface area contributed by atoms with Gasteiger partial charge in [0.1, 0.15) is 12.6 Å². The van der Waals surface area contributed by atoms with Crippen LogP contribution in [0.5, 0.6) is 0 Å². The molecule has 0 bridgehead atoms. The van der Waals surface area contributed by atoms with Gasteiger partial charge >= 0.3 is 12.1 Å². The summed E-state index contributed by atoms with van der Waals surface area (Å²) in [7, 11) is 0. The molecular weight excluding hydrogens is 348 g/mol. The van der Waals surface area contributed by atoms with Crippen molar-refractivity contribution < 1.29 is 23.9 Å². The van der Waals surface area contributed by atoms with Crippen LogP contribution in [-0.2, 0) is 25.7 Å². The van der Waals surface area contributed by atoms with E-state index in [0.29, 0.717) is 5.69 Å². The number of hydrogen-bond acceptors (Lipinski definition) is 5. The van der Waals surface area contributed by atoms with Crippen LogP contribution >= 0.6 is 0 Å². The molecule has 0 saturated carbocycles. The van der Waals surface area contributed by atoms with Crippen LogP contribution in [0.3, 0.4) is 0 Å². The molecule has 0 aromatic heterocycles. The van der Waals surface area contributed by atoms with Crippen LogP contribution in [0, 0.1) is 6.92 Å². The molecule has 0 unspecified atom stereocenters. The van der Waals surface area contributed by atoms with E-state index in [1.165, 1.54) is 0 Å². The first kappa shape index (κ1) is 18.4. The highest BCUT2D eigenvalue weighted by atomic mass is 16.6. The Morgan fingerprint density at radius 2 is 1.85 bits per heavy atom. The molecule has 3 rings (SSSR count). The lowest BCUT2D eigenvalue weighted by Crippen LogP contribution is -2.40. The minimum absolute atomic E-state index is 0.0760. The van der Waals surface area contributed by atoms with Crippen molar-refractivity contribution in [3.63, 3.8) is 0 Å². The van der Waals surface area contributed by atoms with Crippen molar-refractivity contribution in [3.8, 4) is 0 Å². The minimum atomic E-state index is -1.00. The zero-order valence-electron chi connectivity index (χ0n) is 14.9. The largest absolute Gasteiger partial charge is 0.444 e. The fourth-order valence-electron chi connectivity index (χ4n) is 2.65. The second-order valence-corrected chi connectivity index (χ2v) is 6.24. The number of benzene rings is 2. The first-order valence-corrected chi connectivity index (χ1v) is 8.53. The lowest BCUT2D eigenvalue weighted by molar-refractivity contribution is -0.140. The highest BCUT2D eigenvalue weighted by Crippen LogP contribution is 2.18. The summed E-state index contributed by atoms with van der Waals surface area (Å²) >= 11 is 0. The average Bonchev–Trinajstić information content (AvgIpc) is 3.03. The maximum Gasteiger partial charge on any atom is 0.413 e. The Morgan fingerprint density at radius 1 is 1.15 bits per heavy atom. The molecule has 1 heterocycles. The van der Waals surface area contributed by atoms with Gasteiger partial charge in [-0.3, -0.25) is 9.69 Å². The molecule has 1 aliphatic heterocycles. The van der Waals surface area contributed by atoms with Crippen molar-refractivity contribution >= 4 is 23.7 Å². The summed E-state index contributed by atoms with van der Waals surface area (Å²) in [5.41, 5.74) is 2.51. The Labute approximate surface area is 156 Å². The van der Waals surface area contributed by atoms with E-state index < -0.39 is 18.1 Å². The number of carbonyl (C=O) groups is 3. The highest BCUT2D eigenvalue weighted by molar-refractivity contribution is 5.96. The van der Waals surface area contributed by atoms with Crippen molar-refractivity contribution in [2.24, 2.45) is 0 Å². The van der Waals surface area contributed by atoms with E-state index in [-0.39, 0.29) is 25.7 Å². The summed E-state index contributed by atoms with van der Waals surface area (Å²) < 4.78 is 10.2. The van der Waals surface area contributed by atoms with Crippen molar-refractivity contribution in [1.29, 1.82) is 0 Å². The molecule has 7 heteroatoms. The van der Waals surface area contributed by atoms with Crippen molar-refractivity contribution in [1.82, 2.24) is 4.90 Å². The Kier molecular flexibility index (Phi) is 5.71. The molecule has 140 valence electrons. The highest BCUT2D eigenvalue weighted by Gasteiger charge is 2.40. The van der Waals surface area contributed by atoms with Crippen LogP contribution in [0.1, 0.15) is 17.5 Å². The Bertz CT molecular complexity index is 820. The van der Waals surface area contributed by atoms with E-state index in [1.54, 1.807) is 12.1 Å². The Balaban J connectivity index is 1.57. The molecule has 0 radical (unpaired) electrons. The van der Waals surface area contributed by atoms with E-state index in [2.05, 4.69) is 5.32 Å². The first-order chi connectivity index (χ1) is 13.0. The van der Waals surface area contributed by atoms with Crippen LogP contribution < -0.4 is 5.32 Å². The van der Waals surface area contributed by atoms with Gasteiger partial charge in [0.2, 0.25) is 5.91 Å². The fourth-order valence-corrected chi connectivity index (χ4v) is 2.65. The lowest BCUT2D eigenvalue weighted by atomic mass is 10.1. The van der Waals surface area contributed by atoms with E-state index >= 15 is 0 Å². The van der Waals surface area contributed by atoms with Crippen molar-refractivity contribution in [2.75, 3.05) is 12.0 Å². The standard InChI is InChI=1S/C20H20N2O5/c1-14-7-9-16(10-8-14)21-18(23)11-17-19(24)27-13-22(17)20(25)26-12-15-5-3-2-4-6-15/h2-10,17H,11-13H2,1H3,(H,21,23)/t17-/m1/s1. The van der Waals surface area contributed by atoms with Gasteiger partial charge in [0.25, 0.3) is 0 Å². The van der Waals surface area contributed by atoms with Gasteiger partial charge < -0.3 is 14.8 Å². The summed E-state index contributed by atoms with van der Waals surface area (Å²) in [6, 6.07) is 15.5. The van der Waals surface area contributed by atoms with Crippen LogP contribution in [0.2, 0.25) is 0 Å². The van der Waals surface area contributed by atoms with Crippen LogP contribution in [0.15, 0.2) is 54.6 Å². The third-order valence-electron chi connectivity index (χ3n) is 4.15. The van der Waals surface area contributed by atoms with Gasteiger partial charge in [-0.1, -0.05) is 48.0 Å². The number of amides is 2. The van der Waals surface area contributed by atoms with Gasteiger partial charge in [-0.2, -0.15) is 0 Å². The molecule has 0 aliphatic carbocycles. The van der Waals surface area contributed by atoms with Gasteiger partial charge in [0.05, 0.1) is 6.42 Å². The molecule has 1 aliphatic rings. The molecule has 2 amide bonds. The van der Waals surface area contributed by atoms with Crippen LogP contribution in [0.25, 0.3) is 0 Å². The number of anilines is 1. The van der Waals surface area contributed by atoms with Gasteiger partial charge in [-0.25, -0.2) is 9.59 Å². The molecule has 2 aromatic carbocycles. The summed E-state index contributed by atoms with van der Waals surface area (Å²) in [5, 5.41) is 2.71. The average molecular weight is 368 g/mol. The maximum absolute atomic E-state index is 12.3. The zero-order chi connectivity index (χ0) is 19.2. The van der Waals surface area contributed by atoms with E-state index in [4.69, 9.17) is 9.47 Å². The second kappa shape index (κ2) is 8.35. The van der Waals surface area contributed by atoms with Crippen molar-refractivity contribution in [2.45, 2.75) is 26.0 Å². The van der Waals surface area contributed by atoms with Crippen LogP contribution in [0.4, 0.5) is 10.5 Å². The third-order valence-corrected chi connectivity index (χ3v) is 4.15. The Morgan fingerprint density at radius 3 is 2.56 bits per heavy atom. The molecule has 0 spiro atoms. The topological polar surface area (TPSA) is 84.9 Å². The number of rotatable bonds is 5. The predicted molar refractivity (Wildman–Crippen MR) is 97.6 cm³/mol. The number of cyclic esters (lactones) is 1. The van der Waals surface area contributed by atoms with Gasteiger partial charge in [-0.05, 0) is 24.6 Å². The molecule has 7 nitrogen and oxygen atoms in total. The first-order valence-electron chi connectivity index (χ1n) is 8.53. The summed E-state index contributed by atoms with van der Waals surface area (Å²) in [6.07, 6.45) is -0.898. The smallest absolute Gasteiger partial charge is 0.413 e. The minimum Gasteiger partial charge on any atom is -0.444 e. The summed E-state index contributed by atoms with van der Waals surface area (Å²) in [4.78, 5) is 37.6. The second-order valence-electron chi connectivity index (χ2n) is 6.24. The van der Waals surface area contributed by atoms with Crippen molar-refractivity contribution in [3.05, 3.63) is 65.7 Å². The molecule has 2 aromatic rings. The molecule has 27 heavy (non-hydrogen) atoms. The number of aryl methyl sites for hydroxylation is 1. The number of nitrogens with one attached hydrogen (secondary N) is 1. The molecular formula is C20H20N2O5. The van der Waals surface area contributed by atoms with Crippen LogP contribution in [-0.4, -0.2) is 35.6 Å². The molecule has 1 atom stereocenters. The number of nitrogens with zero attached hydrogens (tertiary/aromatic N) is 1. The van der Waals surface area contributed by atoms with E-state index in [0.717, 1.165) is 16.0 Å². The molecule has 1 saturated heterocycles. The lowest BCUT2D eigenvalue weighted by Gasteiger charge is -2.19. The number of ether oxygens (including phenoxy) is 2. The summed E-state index contributed by atoms with van der Waals surface area (Å²) in [6.45, 7) is 1.79. The van der Waals surface area contributed by atoms with Gasteiger partial charge in [-0.15, -0.1) is 0 Å². The maximum atomic E-state index is 12.3. The number of carbonyl (C=O) groups excluding carboxylic acids is 3. The van der Waals surface area contributed by atoms with Gasteiger partial charge in [0, 0.05) is 5.69 Å². The third kappa shape index (κ3) is 4.84. The molecule has 1 fully saturated rings. The SMILES string of the molecule is Cc1ccc(NC(=O)C[C@@H]2C(=O)OCN2C(=O)OCc2ccccc2)cc1. The van der Waals surface area contributed by atoms with E-state index in [9.17, 15) is 14.4 Å². The van der Waals surface area contributed by atoms with E-state index in [1.807, 2.05) is 49.4 Å².